The number of carbonyl (C=O) groups is 2. The van der Waals surface area contributed by atoms with Crippen LogP contribution in [0.5, 0.6) is 0 Å². The predicted octanol–water partition coefficient (Wildman–Crippen LogP) is 3.01. The van der Waals surface area contributed by atoms with E-state index in [-0.39, 0.29) is 5.91 Å². The van der Waals surface area contributed by atoms with Gasteiger partial charge in [-0.25, -0.2) is 4.79 Å². The summed E-state index contributed by atoms with van der Waals surface area (Å²) in [5.74, 6) is -0.250. The fourth-order valence-electron chi connectivity index (χ4n) is 1.47. The van der Waals surface area contributed by atoms with E-state index in [1.807, 2.05) is 0 Å². The third-order valence-corrected chi connectivity index (χ3v) is 2.43. The Morgan fingerprint density at radius 3 is 2.12 bits per heavy atom. The molecule has 0 spiro atoms. The Labute approximate surface area is 97.7 Å². The molecule has 0 bridgehead atoms. The van der Waals surface area contributed by atoms with Crippen molar-refractivity contribution in [3.63, 3.8) is 0 Å². The van der Waals surface area contributed by atoms with Gasteiger partial charge >= 0.3 is 6.09 Å². The van der Waals surface area contributed by atoms with Crippen LogP contribution >= 0.6 is 0 Å². The molecule has 4 heteroatoms. The Kier molecular flexibility index (Phi) is 9.76. The van der Waals surface area contributed by atoms with Gasteiger partial charge in [0.1, 0.15) is 0 Å². The van der Waals surface area contributed by atoms with Crippen molar-refractivity contribution in [3.05, 3.63) is 0 Å². The molecule has 0 aliphatic carbocycles. The minimum atomic E-state index is -0.673. The van der Waals surface area contributed by atoms with Crippen molar-refractivity contribution in [2.75, 3.05) is 7.11 Å². The minimum absolute atomic E-state index is 0.250. The van der Waals surface area contributed by atoms with Gasteiger partial charge in [-0.15, -0.1) is 0 Å². The summed E-state index contributed by atoms with van der Waals surface area (Å²) in [5.41, 5.74) is 0. The number of carbonyl (C=O) groups excluding carboxylic acids is 2. The first kappa shape index (κ1) is 14.9. The second-order valence-corrected chi connectivity index (χ2v) is 3.91. The van der Waals surface area contributed by atoms with Crippen molar-refractivity contribution in [3.8, 4) is 0 Å². The van der Waals surface area contributed by atoms with Gasteiger partial charge in [0.15, 0.2) is 0 Å². The van der Waals surface area contributed by atoms with Gasteiger partial charge in [-0.1, -0.05) is 45.4 Å². The smallest absolute Gasteiger partial charge is 0.413 e. The van der Waals surface area contributed by atoms with Crippen molar-refractivity contribution >= 4 is 12.0 Å². The summed E-state index contributed by atoms with van der Waals surface area (Å²) in [5, 5.41) is 2.14. The molecule has 16 heavy (non-hydrogen) atoms. The molecule has 0 saturated carbocycles. The van der Waals surface area contributed by atoms with E-state index in [0.717, 1.165) is 12.8 Å². The Morgan fingerprint density at radius 2 is 1.56 bits per heavy atom. The highest BCUT2D eigenvalue weighted by atomic mass is 16.5. The summed E-state index contributed by atoms with van der Waals surface area (Å²) in [6, 6.07) is 0. The molecule has 2 amide bonds. The van der Waals surface area contributed by atoms with Crippen molar-refractivity contribution in [2.24, 2.45) is 0 Å². The lowest BCUT2D eigenvalue weighted by Gasteiger charge is -2.02. The Morgan fingerprint density at radius 1 is 1.00 bits per heavy atom. The van der Waals surface area contributed by atoms with Gasteiger partial charge in [-0.05, 0) is 6.42 Å². The highest BCUT2D eigenvalue weighted by molar-refractivity contribution is 5.91. The average Bonchev–Trinajstić information content (AvgIpc) is 2.27. The van der Waals surface area contributed by atoms with Crippen LogP contribution < -0.4 is 5.32 Å². The Hall–Kier alpha value is -1.06. The molecule has 0 aromatic heterocycles. The van der Waals surface area contributed by atoms with E-state index in [9.17, 15) is 9.59 Å². The molecule has 1 N–H and O–H groups in total. The molecule has 0 saturated heterocycles. The van der Waals surface area contributed by atoms with Gasteiger partial charge in [-0.3, -0.25) is 10.1 Å². The predicted molar refractivity (Wildman–Crippen MR) is 63.2 cm³/mol. The summed E-state index contributed by atoms with van der Waals surface area (Å²) in [6.07, 6.45) is 7.87. The summed E-state index contributed by atoms with van der Waals surface area (Å²) < 4.78 is 4.32. The van der Waals surface area contributed by atoms with Crippen LogP contribution in [0.4, 0.5) is 4.79 Å². The van der Waals surface area contributed by atoms with E-state index in [1.165, 1.54) is 39.2 Å². The van der Waals surface area contributed by atoms with Gasteiger partial charge in [0.25, 0.3) is 0 Å². The van der Waals surface area contributed by atoms with E-state index >= 15 is 0 Å². The van der Waals surface area contributed by atoms with E-state index in [2.05, 4.69) is 17.0 Å². The van der Waals surface area contributed by atoms with Gasteiger partial charge in [0, 0.05) is 6.42 Å². The van der Waals surface area contributed by atoms with Crippen molar-refractivity contribution in [1.82, 2.24) is 5.32 Å². The van der Waals surface area contributed by atoms with Crippen molar-refractivity contribution < 1.29 is 14.3 Å². The zero-order chi connectivity index (χ0) is 12.2. The number of ether oxygens (including phenoxy) is 1. The fourth-order valence-corrected chi connectivity index (χ4v) is 1.47. The molecule has 0 fully saturated rings. The summed E-state index contributed by atoms with van der Waals surface area (Å²) >= 11 is 0. The van der Waals surface area contributed by atoms with Gasteiger partial charge in [-0.2, -0.15) is 0 Å². The van der Waals surface area contributed by atoms with E-state index < -0.39 is 6.09 Å². The molecule has 0 aliphatic rings. The number of amides is 2. The number of nitrogens with one attached hydrogen (secondary N) is 1. The third kappa shape index (κ3) is 9.49. The third-order valence-electron chi connectivity index (χ3n) is 2.43. The fraction of sp³-hybridized carbons (Fsp3) is 0.833. The molecule has 0 heterocycles. The van der Waals surface area contributed by atoms with Gasteiger partial charge in [0.05, 0.1) is 7.11 Å². The largest absolute Gasteiger partial charge is 0.453 e. The molecule has 0 radical (unpaired) electrons. The molecule has 0 rings (SSSR count). The maximum absolute atomic E-state index is 11.1. The van der Waals surface area contributed by atoms with Gasteiger partial charge in [0.2, 0.25) is 5.91 Å². The molecule has 0 aliphatic heterocycles. The first-order chi connectivity index (χ1) is 7.70. The van der Waals surface area contributed by atoms with Crippen LogP contribution in [0.2, 0.25) is 0 Å². The molecule has 0 atom stereocenters. The van der Waals surface area contributed by atoms with Crippen LogP contribution in [-0.2, 0) is 9.53 Å². The van der Waals surface area contributed by atoms with Crippen LogP contribution in [0.25, 0.3) is 0 Å². The number of unbranched alkanes of at least 4 members (excludes halogenated alkanes) is 6. The summed E-state index contributed by atoms with van der Waals surface area (Å²) in [6.45, 7) is 2.19. The highest BCUT2D eigenvalue weighted by Crippen LogP contribution is 2.08. The van der Waals surface area contributed by atoms with Gasteiger partial charge < -0.3 is 4.74 Å². The van der Waals surface area contributed by atoms with E-state index in [4.69, 9.17) is 0 Å². The number of hydrogen-bond donors (Lipinski definition) is 1. The highest BCUT2D eigenvalue weighted by Gasteiger charge is 2.05. The molecular weight excluding hydrogens is 206 g/mol. The summed E-state index contributed by atoms with van der Waals surface area (Å²) in [4.78, 5) is 21.8. The lowest BCUT2D eigenvalue weighted by Crippen LogP contribution is -2.29. The molecule has 0 aromatic carbocycles. The SMILES string of the molecule is CCCCCCCCCC(=O)NC(=O)OC. The maximum Gasteiger partial charge on any atom is 0.413 e. The van der Waals surface area contributed by atoms with Crippen LogP contribution in [-0.4, -0.2) is 19.1 Å². The Bertz CT molecular complexity index is 204. The lowest BCUT2D eigenvalue weighted by atomic mass is 10.1. The molecule has 4 nitrogen and oxygen atoms in total. The van der Waals surface area contributed by atoms with Crippen molar-refractivity contribution in [1.29, 1.82) is 0 Å². The second kappa shape index (κ2) is 10.5. The number of rotatable bonds is 8. The standard InChI is InChI=1S/C12H23NO3/c1-3-4-5-6-7-8-9-10-11(14)13-12(15)16-2/h3-10H2,1-2H3,(H,13,14,15). The van der Waals surface area contributed by atoms with E-state index in [0.29, 0.717) is 6.42 Å². The van der Waals surface area contributed by atoms with Crippen LogP contribution in [0.15, 0.2) is 0 Å². The monoisotopic (exact) mass is 229 g/mol. The average molecular weight is 229 g/mol. The number of alkyl carbamates (subject to hydrolysis) is 1. The first-order valence-electron chi connectivity index (χ1n) is 6.08. The number of methoxy groups -OCH3 is 1. The summed E-state index contributed by atoms with van der Waals surface area (Å²) in [7, 11) is 1.25. The topological polar surface area (TPSA) is 55.4 Å². The molecule has 0 aromatic rings. The normalized spacial score (nSPS) is 9.88. The van der Waals surface area contributed by atoms with Crippen LogP contribution in [0.3, 0.4) is 0 Å². The lowest BCUT2D eigenvalue weighted by molar-refractivity contribution is -0.120. The molecular formula is C12H23NO3. The number of hydrogen-bond acceptors (Lipinski definition) is 3. The zero-order valence-corrected chi connectivity index (χ0v) is 10.4. The maximum atomic E-state index is 11.1. The second-order valence-electron chi connectivity index (χ2n) is 3.91. The minimum Gasteiger partial charge on any atom is -0.453 e. The van der Waals surface area contributed by atoms with Crippen molar-refractivity contribution in [2.45, 2.75) is 58.3 Å². The quantitative estimate of drug-likeness (QED) is 0.651. The molecule has 0 unspecified atom stereocenters. The number of imide groups is 1. The zero-order valence-electron chi connectivity index (χ0n) is 10.4. The van der Waals surface area contributed by atoms with Crippen LogP contribution in [0, 0.1) is 0 Å². The Balaban J connectivity index is 3.24. The molecule has 94 valence electrons. The van der Waals surface area contributed by atoms with E-state index in [1.54, 1.807) is 0 Å². The van der Waals surface area contributed by atoms with Crippen LogP contribution in [0.1, 0.15) is 58.3 Å². The first-order valence-corrected chi connectivity index (χ1v) is 6.08.